The molecule has 3 heteroatoms. The molecule has 2 atom stereocenters. The lowest BCUT2D eigenvalue weighted by atomic mass is 10.0. The van der Waals surface area contributed by atoms with Crippen LogP contribution in [0.5, 0.6) is 0 Å². The molecule has 2 heterocycles. The molecule has 2 rings (SSSR count). The monoisotopic (exact) mass is 152 g/mol. The normalized spacial score (nSPS) is 43.0. The summed E-state index contributed by atoms with van der Waals surface area (Å²) in [6, 6.07) is 2.27. The van der Waals surface area contributed by atoms with E-state index >= 15 is 0 Å². The summed E-state index contributed by atoms with van der Waals surface area (Å²) < 4.78 is 5.57. The van der Waals surface area contributed by atoms with Crippen LogP contribution in [0.2, 0.25) is 0 Å². The average Bonchev–Trinajstić information content (AvgIpc) is 2.62. The van der Waals surface area contributed by atoms with Crippen LogP contribution in [0.25, 0.3) is 0 Å². The average molecular weight is 152 g/mol. The molecule has 0 aliphatic carbocycles. The van der Waals surface area contributed by atoms with Gasteiger partial charge in [0.2, 0.25) is 0 Å². The van der Waals surface area contributed by atoms with Gasteiger partial charge in [0.05, 0.1) is 12.0 Å². The molecule has 0 aromatic carbocycles. The molecule has 1 N–H and O–H groups in total. The summed E-state index contributed by atoms with van der Waals surface area (Å²) in [6.07, 6.45) is 3.08. The third kappa shape index (κ3) is 1.13. The standard InChI is InChI=1S/C8H12N2O/c9-5-7-4-8(10-6-7)2-1-3-11-8/h7,10H,1-4,6H2. The van der Waals surface area contributed by atoms with E-state index in [1.807, 2.05) is 0 Å². The Bertz CT molecular complexity index is 191. The summed E-state index contributed by atoms with van der Waals surface area (Å²) in [5.41, 5.74) is -0.111. The summed E-state index contributed by atoms with van der Waals surface area (Å²) in [5, 5.41) is 12.0. The summed E-state index contributed by atoms with van der Waals surface area (Å²) in [6.45, 7) is 1.65. The lowest BCUT2D eigenvalue weighted by Gasteiger charge is -2.21. The topological polar surface area (TPSA) is 45.0 Å². The highest BCUT2D eigenvalue weighted by Crippen LogP contribution is 2.33. The molecule has 2 saturated heterocycles. The SMILES string of the molecule is N#CC1CNC2(CCCO2)C1. The minimum absolute atomic E-state index is 0.111. The fraction of sp³-hybridized carbons (Fsp3) is 0.875. The van der Waals surface area contributed by atoms with Crippen molar-refractivity contribution in [3.63, 3.8) is 0 Å². The molecule has 0 radical (unpaired) electrons. The minimum atomic E-state index is -0.111. The molecule has 0 saturated carbocycles. The van der Waals surface area contributed by atoms with Gasteiger partial charge in [-0.15, -0.1) is 0 Å². The number of nitriles is 1. The van der Waals surface area contributed by atoms with Crippen LogP contribution < -0.4 is 5.32 Å². The van der Waals surface area contributed by atoms with Gasteiger partial charge in [-0.25, -0.2) is 0 Å². The smallest absolute Gasteiger partial charge is 0.120 e. The summed E-state index contributed by atoms with van der Waals surface area (Å²) >= 11 is 0. The Morgan fingerprint density at radius 2 is 2.55 bits per heavy atom. The quantitative estimate of drug-likeness (QED) is 0.553. The van der Waals surface area contributed by atoms with Crippen LogP contribution in [0.15, 0.2) is 0 Å². The van der Waals surface area contributed by atoms with Gasteiger partial charge in [-0.3, -0.25) is 5.32 Å². The van der Waals surface area contributed by atoms with Crippen molar-refractivity contribution in [3.8, 4) is 6.07 Å². The van der Waals surface area contributed by atoms with Crippen molar-refractivity contribution in [2.75, 3.05) is 13.2 Å². The number of nitrogens with zero attached hydrogens (tertiary/aromatic N) is 1. The van der Waals surface area contributed by atoms with Crippen molar-refractivity contribution in [1.29, 1.82) is 5.26 Å². The van der Waals surface area contributed by atoms with E-state index in [2.05, 4.69) is 11.4 Å². The number of nitrogens with one attached hydrogen (secondary N) is 1. The molecule has 11 heavy (non-hydrogen) atoms. The summed E-state index contributed by atoms with van der Waals surface area (Å²) in [5.74, 6) is 0.160. The maximum atomic E-state index is 8.66. The van der Waals surface area contributed by atoms with Crippen LogP contribution in [0.1, 0.15) is 19.3 Å². The highest BCUT2D eigenvalue weighted by Gasteiger charge is 2.42. The lowest BCUT2D eigenvalue weighted by molar-refractivity contribution is -0.00978. The van der Waals surface area contributed by atoms with Gasteiger partial charge in [-0.1, -0.05) is 0 Å². The number of hydrogen-bond acceptors (Lipinski definition) is 3. The van der Waals surface area contributed by atoms with Crippen molar-refractivity contribution >= 4 is 0 Å². The van der Waals surface area contributed by atoms with Crippen LogP contribution in [-0.2, 0) is 4.74 Å². The maximum Gasteiger partial charge on any atom is 0.120 e. The first-order valence-corrected chi connectivity index (χ1v) is 4.13. The molecule has 2 aliphatic rings. The van der Waals surface area contributed by atoms with Gasteiger partial charge < -0.3 is 4.74 Å². The number of rotatable bonds is 0. The van der Waals surface area contributed by atoms with Crippen LogP contribution in [-0.4, -0.2) is 18.9 Å². The van der Waals surface area contributed by atoms with Crippen molar-refractivity contribution in [3.05, 3.63) is 0 Å². The predicted molar refractivity (Wildman–Crippen MR) is 39.6 cm³/mol. The van der Waals surface area contributed by atoms with E-state index < -0.39 is 0 Å². The Hall–Kier alpha value is -0.590. The third-order valence-corrected chi connectivity index (χ3v) is 2.53. The van der Waals surface area contributed by atoms with Crippen LogP contribution in [0.3, 0.4) is 0 Å². The van der Waals surface area contributed by atoms with E-state index in [-0.39, 0.29) is 11.6 Å². The van der Waals surface area contributed by atoms with Gasteiger partial charge in [0, 0.05) is 19.6 Å². The Morgan fingerprint density at radius 1 is 1.64 bits per heavy atom. The van der Waals surface area contributed by atoms with Gasteiger partial charge in [-0.2, -0.15) is 5.26 Å². The molecule has 3 nitrogen and oxygen atoms in total. The number of hydrogen-bond donors (Lipinski definition) is 1. The predicted octanol–water partition coefficient (Wildman–Crippen LogP) is 0.626. The second-order valence-electron chi connectivity index (χ2n) is 3.36. The van der Waals surface area contributed by atoms with E-state index in [4.69, 9.17) is 10.00 Å². The first-order valence-electron chi connectivity index (χ1n) is 4.13. The summed E-state index contributed by atoms with van der Waals surface area (Å²) in [4.78, 5) is 0. The molecule has 60 valence electrons. The molecule has 0 aromatic heterocycles. The number of ether oxygens (including phenoxy) is 1. The third-order valence-electron chi connectivity index (χ3n) is 2.53. The molecule has 0 amide bonds. The zero-order valence-electron chi connectivity index (χ0n) is 6.47. The first-order chi connectivity index (χ1) is 5.35. The second kappa shape index (κ2) is 2.47. The molecule has 2 unspecified atom stereocenters. The fourth-order valence-electron chi connectivity index (χ4n) is 1.94. The summed E-state index contributed by atoms with van der Waals surface area (Å²) in [7, 11) is 0. The van der Waals surface area contributed by atoms with Crippen LogP contribution in [0.4, 0.5) is 0 Å². The Kier molecular flexibility index (Phi) is 1.59. The van der Waals surface area contributed by atoms with E-state index in [0.717, 1.165) is 32.4 Å². The fourth-order valence-corrected chi connectivity index (χ4v) is 1.94. The largest absolute Gasteiger partial charge is 0.361 e. The molecular formula is C8H12N2O. The minimum Gasteiger partial charge on any atom is -0.361 e. The molecule has 2 aliphatic heterocycles. The maximum absolute atomic E-state index is 8.66. The van der Waals surface area contributed by atoms with Crippen molar-refractivity contribution in [2.45, 2.75) is 25.0 Å². The van der Waals surface area contributed by atoms with E-state index in [9.17, 15) is 0 Å². The Labute approximate surface area is 66.3 Å². The van der Waals surface area contributed by atoms with Crippen molar-refractivity contribution < 1.29 is 4.74 Å². The molecule has 0 bridgehead atoms. The van der Waals surface area contributed by atoms with E-state index in [1.54, 1.807) is 0 Å². The second-order valence-corrected chi connectivity index (χ2v) is 3.36. The zero-order valence-corrected chi connectivity index (χ0v) is 6.47. The Morgan fingerprint density at radius 3 is 3.09 bits per heavy atom. The highest BCUT2D eigenvalue weighted by atomic mass is 16.5. The van der Waals surface area contributed by atoms with Gasteiger partial charge in [0.15, 0.2) is 0 Å². The molecule has 1 spiro atoms. The van der Waals surface area contributed by atoms with Crippen molar-refractivity contribution in [1.82, 2.24) is 5.32 Å². The first kappa shape index (κ1) is 7.08. The van der Waals surface area contributed by atoms with E-state index in [1.165, 1.54) is 0 Å². The van der Waals surface area contributed by atoms with Gasteiger partial charge >= 0.3 is 0 Å². The Balaban J connectivity index is 2.03. The zero-order chi connectivity index (χ0) is 7.73. The lowest BCUT2D eigenvalue weighted by Crippen LogP contribution is -2.38. The molecule has 2 fully saturated rings. The highest BCUT2D eigenvalue weighted by molar-refractivity contribution is 4.99. The van der Waals surface area contributed by atoms with Crippen LogP contribution in [0, 0.1) is 17.2 Å². The molecule has 0 aromatic rings. The van der Waals surface area contributed by atoms with E-state index in [0.29, 0.717) is 0 Å². The van der Waals surface area contributed by atoms with Crippen LogP contribution >= 0.6 is 0 Å². The van der Waals surface area contributed by atoms with Gasteiger partial charge in [0.25, 0.3) is 0 Å². The van der Waals surface area contributed by atoms with Gasteiger partial charge in [0.1, 0.15) is 5.72 Å². The van der Waals surface area contributed by atoms with Gasteiger partial charge in [-0.05, 0) is 12.8 Å². The van der Waals surface area contributed by atoms with Crippen molar-refractivity contribution in [2.24, 2.45) is 5.92 Å². The molecular weight excluding hydrogens is 140 g/mol.